The van der Waals surface area contributed by atoms with Crippen LogP contribution in [-0.4, -0.2) is 28.6 Å². The molecule has 6 nitrogen and oxygen atoms in total. The molecular weight excluding hydrogens is 388 g/mol. The minimum atomic E-state index is -1.02. The maximum Gasteiger partial charge on any atom is 0.303 e. The van der Waals surface area contributed by atoms with E-state index in [-0.39, 0.29) is 30.4 Å². The third-order valence-corrected chi connectivity index (χ3v) is 4.91. The number of carbonyl (C=O) groups excluding carboxylic acids is 2. The number of carboxylic acids is 1. The van der Waals surface area contributed by atoms with E-state index in [1.165, 1.54) is 11.8 Å². The summed E-state index contributed by atoms with van der Waals surface area (Å²) in [5.41, 5.74) is 2.13. The van der Waals surface area contributed by atoms with Crippen molar-refractivity contribution in [2.75, 3.05) is 16.4 Å². The van der Waals surface area contributed by atoms with E-state index in [0.29, 0.717) is 16.4 Å². The molecule has 0 saturated carbocycles. The monoisotopic (exact) mass is 406 g/mol. The van der Waals surface area contributed by atoms with Gasteiger partial charge in [-0.05, 0) is 42.8 Å². The van der Waals surface area contributed by atoms with Crippen LogP contribution < -0.4 is 10.6 Å². The molecule has 142 valence electrons. The molecule has 0 fully saturated rings. The Morgan fingerprint density at radius 1 is 1.00 bits per heavy atom. The van der Waals surface area contributed by atoms with Crippen LogP contribution in [0.25, 0.3) is 0 Å². The minimum Gasteiger partial charge on any atom is -0.481 e. The summed E-state index contributed by atoms with van der Waals surface area (Å²) < 4.78 is 0. The maximum absolute atomic E-state index is 12.1. The highest BCUT2D eigenvalue weighted by Crippen LogP contribution is 2.23. The largest absolute Gasteiger partial charge is 0.481 e. The number of amides is 2. The molecule has 0 atom stereocenters. The van der Waals surface area contributed by atoms with E-state index in [1.54, 1.807) is 30.3 Å². The lowest BCUT2D eigenvalue weighted by Crippen LogP contribution is -2.14. The van der Waals surface area contributed by atoms with Gasteiger partial charge in [0.15, 0.2) is 0 Å². The molecule has 2 aromatic rings. The van der Waals surface area contributed by atoms with Gasteiger partial charge in [-0.15, -0.1) is 11.8 Å². The molecule has 0 heterocycles. The highest BCUT2D eigenvalue weighted by molar-refractivity contribution is 8.00. The number of thioether (sulfide) groups is 1. The first kappa shape index (κ1) is 20.8. The van der Waals surface area contributed by atoms with Crippen molar-refractivity contribution < 1.29 is 19.5 Å². The van der Waals surface area contributed by atoms with E-state index in [2.05, 4.69) is 10.6 Å². The van der Waals surface area contributed by atoms with Gasteiger partial charge in [0.1, 0.15) is 0 Å². The Morgan fingerprint density at radius 3 is 2.41 bits per heavy atom. The normalized spacial score (nSPS) is 10.3. The Bertz CT molecular complexity index is 857. The Kier molecular flexibility index (Phi) is 7.69. The number of anilines is 2. The van der Waals surface area contributed by atoms with Gasteiger partial charge in [0, 0.05) is 27.7 Å². The quantitative estimate of drug-likeness (QED) is 0.571. The first-order valence-corrected chi connectivity index (χ1v) is 9.50. The van der Waals surface area contributed by atoms with Crippen LogP contribution in [0.3, 0.4) is 0 Å². The molecule has 0 unspecified atom stereocenters. The standard InChI is InChI=1S/C19H19ClN2O4S/c1-12-5-6-14(10-16(12)20)22-18(24)11-27-15-4-2-3-13(9-15)21-17(23)7-8-19(25)26/h2-6,9-10H,7-8,11H2,1H3,(H,21,23)(H,22,24)(H,25,26). The van der Waals surface area contributed by atoms with Gasteiger partial charge in [-0.25, -0.2) is 0 Å². The van der Waals surface area contributed by atoms with Crippen molar-refractivity contribution in [1.82, 2.24) is 0 Å². The van der Waals surface area contributed by atoms with Crippen LogP contribution in [0.15, 0.2) is 47.4 Å². The average molecular weight is 407 g/mol. The second-order valence-corrected chi connectivity index (χ2v) is 7.23. The second-order valence-electron chi connectivity index (χ2n) is 5.77. The van der Waals surface area contributed by atoms with E-state index in [1.807, 2.05) is 19.1 Å². The summed E-state index contributed by atoms with van der Waals surface area (Å²) >= 11 is 7.37. The van der Waals surface area contributed by atoms with Crippen molar-refractivity contribution in [1.29, 1.82) is 0 Å². The molecule has 0 aliphatic carbocycles. The number of aliphatic carboxylic acids is 1. The van der Waals surface area contributed by atoms with Crippen molar-refractivity contribution in [2.24, 2.45) is 0 Å². The fourth-order valence-electron chi connectivity index (χ4n) is 2.12. The number of hydrogen-bond acceptors (Lipinski definition) is 4. The topological polar surface area (TPSA) is 95.5 Å². The first-order chi connectivity index (χ1) is 12.8. The molecule has 2 amide bonds. The number of carbonyl (C=O) groups is 3. The number of hydrogen-bond donors (Lipinski definition) is 3. The molecule has 0 aromatic heterocycles. The molecule has 0 aliphatic heterocycles. The van der Waals surface area contributed by atoms with Crippen molar-refractivity contribution in [2.45, 2.75) is 24.7 Å². The third-order valence-electron chi connectivity index (χ3n) is 3.51. The van der Waals surface area contributed by atoms with Gasteiger partial charge in [-0.3, -0.25) is 14.4 Å². The van der Waals surface area contributed by atoms with Crippen molar-refractivity contribution in [3.8, 4) is 0 Å². The molecule has 8 heteroatoms. The molecule has 0 aliphatic rings. The van der Waals surface area contributed by atoms with Gasteiger partial charge in [-0.2, -0.15) is 0 Å². The zero-order chi connectivity index (χ0) is 19.8. The van der Waals surface area contributed by atoms with E-state index in [4.69, 9.17) is 16.7 Å². The zero-order valence-corrected chi connectivity index (χ0v) is 16.2. The van der Waals surface area contributed by atoms with Crippen LogP contribution >= 0.6 is 23.4 Å². The zero-order valence-electron chi connectivity index (χ0n) is 14.6. The van der Waals surface area contributed by atoms with E-state index in [9.17, 15) is 14.4 Å². The average Bonchev–Trinajstić information content (AvgIpc) is 2.62. The summed E-state index contributed by atoms with van der Waals surface area (Å²) in [6, 6.07) is 12.3. The van der Waals surface area contributed by atoms with Crippen LogP contribution in [0.1, 0.15) is 18.4 Å². The van der Waals surface area contributed by atoms with E-state index < -0.39 is 5.97 Å². The number of carboxylic acid groups (broad SMARTS) is 1. The molecule has 2 rings (SSSR count). The summed E-state index contributed by atoms with van der Waals surface area (Å²) in [6.07, 6.45) is -0.308. The van der Waals surface area contributed by atoms with Crippen molar-refractivity contribution >= 4 is 52.5 Å². The van der Waals surface area contributed by atoms with Crippen molar-refractivity contribution in [3.05, 3.63) is 53.1 Å². The SMILES string of the molecule is Cc1ccc(NC(=O)CSc2cccc(NC(=O)CCC(=O)O)c2)cc1Cl. The Balaban J connectivity index is 1.86. The van der Waals surface area contributed by atoms with Gasteiger partial charge >= 0.3 is 5.97 Å². The molecule has 0 spiro atoms. The molecule has 0 bridgehead atoms. The Hall–Kier alpha value is -2.51. The highest BCUT2D eigenvalue weighted by Gasteiger charge is 2.08. The molecule has 0 radical (unpaired) electrons. The number of benzene rings is 2. The molecule has 2 aromatic carbocycles. The van der Waals surface area contributed by atoms with Gasteiger partial charge < -0.3 is 15.7 Å². The highest BCUT2D eigenvalue weighted by atomic mass is 35.5. The van der Waals surface area contributed by atoms with Crippen LogP contribution in [0, 0.1) is 6.92 Å². The number of aryl methyl sites for hydroxylation is 1. The summed E-state index contributed by atoms with van der Waals surface area (Å²) in [5.74, 6) is -1.36. The van der Waals surface area contributed by atoms with Gasteiger partial charge in [0.05, 0.1) is 12.2 Å². The smallest absolute Gasteiger partial charge is 0.303 e. The van der Waals surface area contributed by atoms with Crippen LogP contribution in [-0.2, 0) is 14.4 Å². The lowest BCUT2D eigenvalue weighted by Gasteiger charge is -2.08. The molecular formula is C19H19ClN2O4S. The van der Waals surface area contributed by atoms with E-state index in [0.717, 1.165) is 10.5 Å². The van der Waals surface area contributed by atoms with Crippen LogP contribution in [0.4, 0.5) is 11.4 Å². The fourth-order valence-corrected chi connectivity index (χ4v) is 3.06. The third kappa shape index (κ3) is 7.32. The summed E-state index contributed by atoms with van der Waals surface area (Å²) in [7, 11) is 0. The molecule has 27 heavy (non-hydrogen) atoms. The summed E-state index contributed by atoms with van der Waals surface area (Å²) in [4.78, 5) is 35.1. The summed E-state index contributed by atoms with van der Waals surface area (Å²) in [5, 5.41) is 14.6. The number of nitrogens with one attached hydrogen (secondary N) is 2. The molecule has 0 saturated heterocycles. The first-order valence-electron chi connectivity index (χ1n) is 8.14. The predicted molar refractivity (Wildman–Crippen MR) is 107 cm³/mol. The van der Waals surface area contributed by atoms with Crippen molar-refractivity contribution in [3.63, 3.8) is 0 Å². The Morgan fingerprint density at radius 2 is 1.70 bits per heavy atom. The Labute approximate surface area is 166 Å². The minimum absolute atomic E-state index is 0.0891. The maximum atomic E-state index is 12.1. The fraction of sp³-hybridized carbons (Fsp3) is 0.211. The van der Waals surface area contributed by atoms with Gasteiger partial charge in [0.25, 0.3) is 0 Å². The number of rotatable bonds is 8. The lowest BCUT2D eigenvalue weighted by molar-refractivity contribution is -0.138. The van der Waals surface area contributed by atoms with Gasteiger partial charge in [-0.1, -0.05) is 23.7 Å². The van der Waals surface area contributed by atoms with E-state index >= 15 is 0 Å². The predicted octanol–water partition coefficient (Wildman–Crippen LogP) is 4.18. The van der Waals surface area contributed by atoms with Crippen LogP contribution in [0.5, 0.6) is 0 Å². The molecule has 3 N–H and O–H groups in total. The van der Waals surface area contributed by atoms with Gasteiger partial charge in [0.2, 0.25) is 11.8 Å². The summed E-state index contributed by atoms with van der Waals surface area (Å²) in [6.45, 7) is 1.89. The number of halogens is 1. The second kappa shape index (κ2) is 9.99. The lowest BCUT2D eigenvalue weighted by atomic mass is 10.2. The van der Waals surface area contributed by atoms with Crippen LogP contribution in [0.2, 0.25) is 5.02 Å².